The minimum Gasteiger partial charge on any atom is -0.490 e. The molecule has 2 aliphatic rings. The average molecular weight is 356 g/mol. The molecule has 0 radical (unpaired) electrons. The third-order valence-corrected chi connectivity index (χ3v) is 4.04. The number of carbonyl (C=O) groups excluding carboxylic acids is 1. The molecule has 126 valence electrons. The van der Waals surface area contributed by atoms with Gasteiger partial charge in [-0.25, -0.2) is 9.79 Å². The highest BCUT2D eigenvalue weighted by Gasteiger charge is 2.24. The highest BCUT2D eigenvalue weighted by atomic mass is 35.5. The summed E-state index contributed by atoms with van der Waals surface area (Å²) in [7, 11) is 0. The van der Waals surface area contributed by atoms with Gasteiger partial charge in [0.25, 0.3) is 0 Å². The van der Waals surface area contributed by atoms with E-state index in [0.717, 1.165) is 12.0 Å². The largest absolute Gasteiger partial charge is 0.490 e. The Morgan fingerprint density at radius 3 is 2.56 bits per heavy atom. The SMILES string of the molecule is O=C1OC(c2ccc(Cl)cc2)=N/C1=C/c1ccc2c(c1)OCCCO2. The molecule has 0 aromatic heterocycles. The molecular formula is C19H14ClNO4. The van der Waals surface area contributed by atoms with Crippen molar-refractivity contribution in [3.63, 3.8) is 0 Å². The second-order valence-corrected chi connectivity index (χ2v) is 6.04. The lowest BCUT2D eigenvalue weighted by Gasteiger charge is -2.07. The second kappa shape index (κ2) is 6.61. The van der Waals surface area contributed by atoms with Crippen LogP contribution in [0.1, 0.15) is 17.5 Å². The van der Waals surface area contributed by atoms with Gasteiger partial charge in [0.05, 0.1) is 13.2 Å². The first-order valence-corrected chi connectivity index (χ1v) is 8.25. The number of rotatable bonds is 2. The number of cyclic esters (lactones) is 1. The molecule has 0 spiro atoms. The summed E-state index contributed by atoms with van der Waals surface area (Å²) in [4.78, 5) is 16.4. The predicted octanol–water partition coefficient (Wildman–Crippen LogP) is 3.85. The minimum absolute atomic E-state index is 0.236. The Balaban J connectivity index is 1.63. The fraction of sp³-hybridized carbons (Fsp3) is 0.158. The van der Waals surface area contributed by atoms with Crippen LogP contribution in [0.15, 0.2) is 53.2 Å². The van der Waals surface area contributed by atoms with E-state index in [4.69, 9.17) is 25.8 Å². The summed E-state index contributed by atoms with van der Waals surface area (Å²) in [5.74, 6) is 1.15. The molecule has 0 N–H and O–H groups in total. The van der Waals surface area contributed by atoms with Crippen molar-refractivity contribution in [1.29, 1.82) is 0 Å². The molecule has 0 saturated carbocycles. The van der Waals surface area contributed by atoms with Gasteiger partial charge in [-0.1, -0.05) is 17.7 Å². The Kier molecular flexibility index (Phi) is 4.15. The molecule has 25 heavy (non-hydrogen) atoms. The Morgan fingerprint density at radius 1 is 1.00 bits per heavy atom. The number of esters is 1. The zero-order valence-electron chi connectivity index (χ0n) is 13.2. The number of hydrogen-bond acceptors (Lipinski definition) is 5. The quantitative estimate of drug-likeness (QED) is 0.606. The molecule has 2 aromatic carbocycles. The Morgan fingerprint density at radius 2 is 1.76 bits per heavy atom. The van der Waals surface area contributed by atoms with Gasteiger partial charge in [0.1, 0.15) is 0 Å². The van der Waals surface area contributed by atoms with Crippen LogP contribution >= 0.6 is 11.6 Å². The Hall–Kier alpha value is -2.79. The van der Waals surface area contributed by atoms with E-state index in [-0.39, 0.29) is 11.6 Å². The van der Waals surface area contributed by atoms with Gasteiger partial charge in [0, 0.05) is 17.0 Å². The fourth-order valence-corrected chi connectivity index (χ4v) is 2.68. The molecule has 2 aliphatic heterocycles. The van der Waals surface area contributed by atoms with Crippen molar-refractivity contribution in [3.8, 4) is 11.5 Å². The molecule has 0 atom stereocenters. The number of aliphatic imine (C=N–C) groups is 1. The van der Waals surface area contributed by atoms with Gasteiger partial charge < -0.3 is 14.2 Å². The maximum atomic E-state index is 12.1. The first kappa shape index (κ1) is 15.7. The van der Waals surface area contributed by atoms with Crippen LogP contribution in [-0.4, -0.2) is 25.1 Å². The lowest BCUT2D eigenvalue weighted by atomic mass is 10.1. The van der Waals surface area contributed by atoms with Crippen LogP contribution in [0.25, 0.3) is 6.08 Å². The van der Waals surface area contributed by atoms with Crippen molar-refractivity contribution in [2.45, 2.75) is 6.42 Å². The van der Waals surface area contributed by atoms with Crippen LogP contribution < -0.4 is 9.47 Å². The second-order valence-electron chi connectivity index (χ2n) is 5.60. The highest BCUT2D eigenvalue weighted by molar-refractivity contribution is 6.30. The van der Waals surface area contributed by atoms with E-state index in [0.29, 0.717) is 35.3 Å². The summed E-state index contributed by atoms with van der Waals surface area (Å²) in [6, 6.07) is 12.5. The highest BCUT2D eigenvalue weighted by Crippen LogP contribution is 2.31. The molecule has 6 heteroatoms. The maximum Gasteiger partial charge on any atom is 0.363 e. The van der Waals surface area contributed by atoms with E-state index >= 15 is 0 Å². The van der Waals surface area contributed by atoms with E-state index in [9.17, 15) is 4.79 Å². The summed E-state index contributed by atoms with van der Waals surface area (Å²) in [5.41, 5.74) is 1.72. The zero-order chi connectivity index (χ0) is 17.2. The van der Waals surface area contributed by atoms with Crippen LogP contribution in [0.5, 0.6) is 11.5 Å². The smallest absolute Gasteiger partial charge is 0.363 e. The van der Waals surface area contributed by atoms with Crippen molar-refractivity contribution in [3.05, 3.63) is 64.3 Å². The Bertz CT molecular complexity index is 887. The lowest BCUT2D eigenvalue weighted by Crippen LogP contribution is -2.05. The van der Waals surface area contributed by atoms with E-state index < -0.39 is 5.97 Å². The van der Waals surface area contributed by atoms with Gasteiger partial charge in [0.2, 0.25) is 5.90 Å². The van der Waals surface area contributed by atoms with E-state index in [2.05, 4.69) is 4.99 Å². The average Bonchev–Trinajstić information content (AvgIpc) is 2.82. The first-order chi connectivity index (χ1) is 12.2. The number of benzene rings is 2. The molecule has 5 nitrogen and oxygen atoms in total. The molecule has 4 rings (SSSR count). The monoisotopic (exact) mass is 355 g/mol. The van der Waals surface area contributed by atoms with Crippen LogP contribution in [0, 0.1) is 0 Å². The van der Waals surface area contributed by atoms with E-state index in [1.165, 1.54) is 0 Å². The molecule has 0 unspecified atom stereocenters. The van der Waals surface area contributed by atoms with Crippen LogP contribution in [0.3, 0.4) is 0 Å². The number of hydrogen-bond donors (Lipinski definition) is 0. The first-order valence-electron chi connectivity index (χ1n) is 7.87. The van der Waals surface area contributed by atoms with Gasteiger partial charge in [-0.2, -0.15) is 0 Å². The van der Waals surface area contributed by atoms with Crippen LogP contribution in [0.4, 0.5) is 0 Å². The predicted molar refractivity (Wildman–Crippen MR) is 94.1 cm³/mol. The third-order valence-electron chi connectivity index (χ3n) is 3.79. The van der Waals surface area contributed by atoms with E-state index in [1.807, 2.05) is 18.2 Å². The molecule has 0 amide bonds. The molecule has 0 fully saturated rings. The number of fused-ring (bicyclic) bond motifs is 1. The molecule has 0 aliphatic carbocycles. The van der Waals surface area contributed by atoms with Gasteiger partial charge in [-0.05, 0) is 48.0 Å². The number of ether oxygens (including phenoxy) is 3. The topological polar surface area (TPSA) is 57.1 Å². The zero-order valence-corrected chi connectivity index (χ0v) is 14.0. The van der Waals surface area contributed by atoms with Crippen molar-refractivity contribution in [2.75, 3.05) is 13.2 Å². The van der Waals surface area contributed by atoms with Gasteiger partial charge in [0.15, 0.2) is 17.2 Å². The van der Waals surface area contributed by atoms with Crippen molar-refractivity contribution in [2.24, 2.45) is 4.99 Å². The third kappa shape index (κ3) is 3.37. The van der Waals surface area contributed by atoms with Gasteiger partial charge in [-0.15, -0.1) is 0 Å². The number of nitrogens with zero attached hydrogens (tertiary/aromatic N) is 1. The van der Waals surface area contributed by atoms with Crippen molar-refractivity contribution in [1.82, 2.24) is 0 Å². The summed E-state index contributed by atoms with van der Waals surface area (Å²) in [6.45, 7) is 1.24. The summed E-state index contributed by atoms with van der Waals surface area (Å²) in [6.07, 6.45) is 2.51. The van der Waals surface area contributed by atoms with Crippen molar-refractivity contribution >= 4 is 29.5 Å². The van der Waals surface area contributed by atoms with Gasteiger partial charge in [-0.3, -0.25) is 0 Å². The lowest BCUT2D eigenvalue weighted by molar-refractivity contribution is -0.129. The molecule has 0 bridgehead atoms. The molecular weight excluding hydrogens is 342 g/mol. The molecule has 0 saturated heterocycles. The molecule has 2 aromatic rings. The van der Waals surface area contributed by atoms with Gasteiger partial charge >= 0.3 is 5.97 Å². The molecule has 2 heterocycles. The minimum atomic E-state index is -0.489. The summed E-state index contributed by atoms with van der Waals surface area (Å²) in [5, 5.41) is 0.608. The Labute approximate surface area is 149 Å². The van der Waals surface area contributed by atoms with E-state index in [1.54, 1.807) is 30.3 Å². The van der Waals surface area contributed by atoms with Crippen LogP contribution in [0.2, 0.25) is 5.02 Å². The standard InChI is InChI=1S/C19H14ClNO4/c20-14-5-3-13(4-6-14)18-21-15(19(22)25-18)10-12-2-7-16-17(11-12)24-9-1-8-23-16/h2-7,10-11H,1,8-9H2/b15-10+. The van der Waals surface area contributed by atoms with Crippen molar-refractivity contribution < 1.29 is 19.0 Å². The fourth-order valence-electron chi connectivity index (χ4n) is 2.55. The summed E-state index contributed by atoms with van der Waals surface area (Å²) >= 11 is 5.87. The summed E-state index contributed by atoms with van der Waals surface area (Å²) < 4.78 is 16.5. The number of carbonyl (C=O) groups is 1. The normalized spacial score (nSPS) is 17.9. The maximum absolute atomic E-state index is 12.1. The number of halogens is 1. The van der Waals surface area contributed by atoms with Crippen LogP contribution in [-0.2, 0) is 9.53 Å².